The molecular formula is C12H14ClN3OS2. The van der Waals surface area contributed by atoms with Crippen LogP contribution in [-0.4, -0.2) is 25.8 Å². The van der Waals surface area contributed by atoms with Gasteiger partial charge in [-0.15, -0.1) is 11.3 Å². The first-order chi connectivity index (χ1) is 8.98. The maximum absolute atomic E-state index is 12.4. The maximum atomic E-state index is 12.4. The molecule has 0 radical (unpaired) electrons. The fourth-order valence-electron chi connectivity index (χ4n) is 1.44. The number of pyridine rings is 1. The van der Waals surface area contributed by atoms with Crippen LogP contribution in [-0.2, 0) is 16.1 Å². The van der Waals surface area contributed by atoms with Crippen LogP contribution in [0.2, 0.25) is 5.15 Å². The molecule has 19 heavy (non-hydrogen) atoms. The summed E-state index contributed by atoms with van der Waals surface area (Å²) < 4.78 is 15.4. The van der Waals surface area contributed by atoms with E-state index in [1.807, 2.05) is 12.3 Å². The summed E-state index contributed by atoms with van der Waals surface area (Å²) in [7, 11) is -2.36. The molecule has 0 aromatic carbocycles. The molecule has 0 aliphatic rings. The lowest BCUT2D eigenvalue weighted by molar-refractivity contribution is 0.688. The maximum Gasteiger partial charge on any atom is 0.194 e. The van der Waals surface area contributed by atoms with Crippen LogP contribution in [0.25, 0.3) is 0 Å². The van der Waals surface area contributed by atoms with Crippen LogP contribution in [0.3, 0.4) is 0 Å². The Morgan fingerprint density at radius 2 is 2.32 bits per heavy atom. The van der Waals surface area contributed by atoms with Gasteiger partial charge in [0.15, 0.2) is 5.13 Å². The summed E-state index contributed by atoms with van der Waals surface area (Å²) in [5.41, 5.74) is 1.76. The largest absolute Gasteiger partial charge is 0.288 e. The molecule has 2 aromatic rings. The standard InChI is InChI=1S/C12H14ClN3OS2/c1-3-10-7-18-12(15-10)16-19(2,17)8-9-4-5-11(13)14-6-9/h4-8H,3H2,1-2H3,(H,15,16,17). The lowest BCUT2D eigenvalue weighted by Gasteiger charge is -2.06. The highest BCUT2D eigenvalue weighted by Crippen LogP contribution is 2.17. The molecule has 2 aromatic heterocycles. The first-order valence-corrected chi connectivity index (χ1v) is 8.95. The summed E-state index contributed by atoms with van der Waals surface area (Å²) in [6, 6.07) is 3.45. The number of hydrogen-bond donors (Lipinski definition) is 1. The van der Waals surface area contributed by atoms with Crippen molar-refractivity contribution in [2.45, 2.75) is 13.3 Å². The second-order valence-electron chi connectivity index (χ2n) is 4.04. The zero-order chi connectivity index (χ0) is 13.9. The lowest BCUT2D eigenvalue weighted by Crippen LogP contribution is -2.13. The molecule has 102 valence electrons. The first-order valence-electron chi connectivity index (χ1n) is 5.66. The van der Waals surface area contributed by atoms with Crippen LogP contribution >= 0.6 is 22.9 Å². The number of anilines is 1. The second kappa shape index (κ2) is 5.90. The topological polar surface area (TPSA) is 54.9 Å². The van der Waals surface area contributed by atoms with Gasteiger partial charge in [-0.3, -0.25) is 4.72 Å². The minimum absolute atomic E-state index is 0.417. The van der Waals surface area contributed by atoms with Gasteiger partial charge in [0.25, 0.3) is 0 Å². The summed E-state index contributed by atoms with van der Waals surface area (Å²) >= 11 is 7.17. The van der Waals surface area contributed by atoms with E-state index in [-0.39, 0.29) is 0 Å². The smallest absolute Gasteiger partial charge is 0.194 e. The highest BCUT2D eigenvalue weighted by Gasteiger charge is 2.05. The van der Waals surface area contributed by atoms with E-state index in [1.165, 1.54) is 11.3 Å². The number of hydrogen-bond acceptors (Lipinski definition) is 4. The van der Waals surface area contributed by atoms with Crippen molar-refractivity contribution in [3.63, 3.8) is 0 Å². The van der Waals surface area contributed by atoms with Gasteiger partial charge in [-0.25, -0.2) is 14.2 Å². The molecule has 0 saturated heterocycles. The molecule has 0 spiro atoms. The predicted molar refractivity (Wildman–Crippen MR) is 83.6 cm³/mol. The third-order valence-electron chi connectivity index (χ3n) is 2.32. The molecular weight excluding hydrogens is 302 g/mol. The van der Waals surface area contributed by atoms with Crippen LogP contribution in [0.5, 0.6) is 0 Å². The third-order valence-corrected chi connectivity index (χ3v) is 4.80. The molecule has 2 heterocycles. The van der Waals surface area contributed by atoms with Gasteiger partial charge in [0, 0.05) is 28.8 Å². The molecule has 4 nitrogen and oxygen atoms in total. The van der Waals surface area contributed by atoms with Crippen LogP contribution < -0.4 is 4.72 Å². The monoisotopic (exact) mass is 315 g/mol. The number of nitrogens with zero attached hydrogens (tertiary/aromatic N) is 2. The first kappa shape index (κ1) is 14.3. The molecule has 0 aliphatic heterocycles. The van der Waals surface area contributed by atoms with Gasteiger partial charge < -0.3 is 0 Å². The molecule has 1 N–H and O–H groups in total. The Morgan fingerprint density at radius 3 is 2.89 bits per heavy atom. The Bertz CT molecular complexity index is 673. The van der Waals surface area contributed by atoms with Gasteiger partial charge in [-0.2, -0.15) is 0 Å². The molecule has 0 aliphatic carbocycles. The molecule has 1 atom stereocenters. The summed E-state index contributed by atoms with van der Waals surface area (Å²) in [6.07, 6.45) is 4.09. The van der Waals surface area contributed by atoms with Crippen LogP contribution in [0, 0.1) is 0 Å². The fourth-order valence-corrected chi connectivity index (χ4v) is 3.98. The van der Waals surface area contributed by atoms with Crippen molar-refractivity contribution in [3.05, 3.63) is 40.1 Å². The highest BCUT2D eigenvalue weighted by molar-refractivity contribution is 8.02. The average Bonchev–Trinajstić information content (AvgIpc) is 2.78. The predicted octanol–water partition coefficient (Wildman–Crippen LogP) is 2.85. The molecule has 2 rings (SSSR count). The fraction of sp³-hybridized carbons (Fsp3) is 0.250. The van der Waals surface area contributed by atoms with E-state index in [0.29, 0.717) is 10.3 Å². The van der Waals surface area contributed by atoms with Gasteiger partial charge in [0.1, 0.15) is 5.15 Å². The normalized spacial score (nSPS) is 13.8. The third kappa shape index (κ3) is 4.19. The number of rotatable bonds is 4. The molecule has 7 heteroatoms. The Hall–Kier alpha value is -1.11. The van der Waals surface area contributed by atoms with Crippen molar-refractivity contribution < 1.29 is 4.21 Å². The number of aromatic nitrogens is 2. The van der Waals surface area contributed by atoms with Crippen molar-refractivity contribution >= 4 is 43.1 Å². The van der Waals surface area contributed by atoms with E-state index in [1.54, 1.807) is 30.0 Å². The second-order valence-corrected chi connectivity index (χ2v) is 7.53. The van der Waals surface area contributed by atoms with Gasteiger partial charge >= 0.3 is 0 Å². The van der Waals surface area contributed by atoms with Crippen LogP contribution in [0.1, 0.15) is 18.2 Å². The molecule has 0 bridgehead atoms. The minimum atomic E-state index is -2.36. The Balaban J connectivity index is 2.21. The van der Waals surface area contributed by atoms with Gasteiger partial charge in [0.05, 0.1) is 15.4 Å². The van der Waals surface area contributed by atoms with Crippen molar-refractivity contribution in [2.75, 3.05) is 11.0 Å². The number of thiazole rings is 1. The van der Waals surface area contributed by atoms with Crippen LogP contribution in [0.4, 0.5) is 5.13 Å². The van der Waals surface area contributed by atoms with Gasteiger partial charge in [-0.05, 0) is 18.6 Å². The Morgan fingerprint density at radius 1 is 1.53 bits per heavy atom. The van der Waals surface area contributed by atoms with E-state index in [4.69, 9.17) is 11.6 Å². The van der Waals surface area contributed by atoms with Gasteiger partial charge in [0.2, 0.25) is 0 Å². The van der Waals surface area contributed by atoms with Crippen molar-refractivity contribution in [2.24, 2.45) is 0 Å². The zero-order valence-corrected chi connectivity index (χ0v) is 13.0. The highest BCUT2D eigenvalue weighted by atomic mass is 35.5. The molecule has 0 amide bonds. The van der Waals surface area contributed by atoms with E-state index >= 15 is 0 Å². The molecule has 0 saturated carbocycles. The number of nitrogens with one attached hydrogen (secondary N) is 1. The summed E-state index contributed by atoms with van der Waals surface area (Å²) in [5, 5.41) is 4.69. The summed E-state index contributed by atoms with van der Waals surface area (Å²) in [6.45, 7) is 2.04. The molecule has 0 fully saturated rings. The van der Waals surface area contributed by atoms with Crippen LogP contribution in [0.15, 0.2) is 23.7 Å². The Kier molecular flexibility index (Phi) is 4.44. The van der Waals surface area contributed by atoms with E-state index < -0.39 is 9.71 Å². The van der Waals surface area contributed by atoms with Crippen molar-refractivity contribution in [1.82, 2.24) is 9.97 Å². The van der Waals surface area contributed by atoms with Crippen molar-refractivity contribution in [1.29, 1.82) is 0 Å². The van der Waals surface area contributed by atoms with Crippen molar-refractivity contribution in [3.8, 4) is 0 Å². The summed E-state index contributed by atoms with van der Waals surface area (Å²) in [4.78, 5) is 8.30. The van der Waals surface area contributed by atoms with E-state index in [0.717, 1.165) is 17.7 Å². The number of halogens is 1. The van der Waals surface area contributed by atoms with Gasteiger partial charge in [-0.1, -0.05) is 18.5 Å². The lowest BCUT2D eigenvalue weighted by atomic mass is 10.3. The van der Waals surface area contributed by atoms with E-state index in [9.17, 15) is 4.21 Å². The minimum Gasteiger partial charge on any atom is -0.288 e. The Labute approximate surface area is 122 Å². The molecule has 1 unspecified atom stereocenters. The zero-order valence-electron chi connectivity index (χ0n) is 10.6. The summed E-state index contributed by atoms with van der Waals surface area (Å²) in [5.74, 6) is 0. The average molecular weight is 316 g/mol. The van der Waals surface area contributed by atoms with E-state index in [2.05, 4.69) is 14.7 Å². The SMILES string of the molecule is CCc1csc(NS(C)(=O)=Cc2ccc(Cl)nc2)n1. The number of aryl methyl sites for hydroxylation is 1. The quantitative estimate of drug-likeness (QED) is 0.697.